The molecule has 0 atom stereocenters. The first-order valence-electron chi connectivity index (χ1n) is 9.71. The summed E-state index contributed by atoms with van der Waals surface area (Å²) in [6.45, 7) is 5.17. The fourth-order valence-electron chi connectivity index (χ4n) is 3.17. The van der Waals surface area contributed by atoms with Crippen LogP contribution < -0.4 is 5.32 Å². The van der Waals surface area contributed by atoms with E-state index in [1.54, 1.807) is 30.3 Å². The van der Waals surface area contributed by atoms with Gasteiger partial charge < -0.3 is 5.32 Å². The molecule has 148 valence electrons. The Morgan fingerprint density at radius 3 is 2.44 bits per heavy atom. The Hall–Kier alpha value is -1.92. The molecule has 0 radical (unpaired) electrons. The maximum atomic E-state index is 12.5. The maximum absolute atomic E-state index is 12.5. The SMILES string of the molecule is CCN(CC)S(=O)(=O)c1ccc(/C=C/C(=O)NCCC2=CCCCC2)cc1. The van der Waals surface area contributed by atoms with Crippen molar-refractivity contribution in [2.45, 2.75) is 50.8 Å². The minimum Gasteiger partial charge on any atom is -0.352 e. The monoisotopic (exact) mass is 390 g/mol. The van der Waals surface area contributed by atoms with Gasteiger partial charge in [-0.2, -0.15) is 4.31 Å². The van der Waals surface area contributed by atoms with E-state index in [4.69, 9.17) is 0 Å². The average Bonchev–Trinajstić information content (AvgIpc) is 2.68. The number of nitrogens with one attached hydrogen (secondary N) is 1. The third-order valence-corrected chi connectivity index (χ3v) is 6.84. The molecule has 0 fully saturated rings. The third kappa shape index (κ3) is 6.33. The normalized spacial score (nSPS) is 15.1. The molecule has 5 nitrogen and oxygen atoms in total. The van der Waals surface area contributed by atoms with Crippen LogP contribution in [0.5, 0.6) is 0 Å². The van der Waals surface area contributed by atoms with Crippen molar-refractivity contribution < 1.29 is 13.2 Å². The number of hydrogen-bond donors (Lipinski definition) is 1. The van der Waals surface area contributed by atoms with E-state index < -0.39 is 10.0 Å². The number of benzene rings is 1. The van der Waals surface area contributed by atoms with Gasteiger partial charge in [0.25, 0.3) is 0 Å². The fraction of sp³-hybridized carbons (Fsp3) is 0.476. The molecule has 27 heavy (non-hydrogen) atoms. The van der Waals surface area contributed by atoms with Gasteiger partial charge in [-0.25, -0.2) is 8.42 Å². The molecule has 0 aliphatic heterocycles. The zero-order valence-corrected chi connectivity index (χ0v) is 17.1. The van der Waals surface area contributed by atoms with E-state index in [9.17, 15) is 13.2 Å². The van der Waals surface area contributed by atoms with Gasteiger partial charge in [-0.15, -0.1) is 0 Å². The molecule has 1 aromatic carbocycles. The molecule has 0 bridgehead atoms. The molecule has 0 saturated heterocycles. The Morgan fingerprint density at radius 1 is 1.15 bits per heavy atom. The molecule has 6 heteroatoms. The summed E-state index contributed by atoms with van der Waals surface area (Å²) in [6.07, 6.45) is 11.2. The minimum atomic E-state index is -3.45. The van der Waals surface area contributed by atoms with Crippen LogP contribution in [0.2, 0.25) is 0 Å². The van der Waals surface area contributed by atoms with Gasteiger partial charge in [0.05, 0.1) is 4.90 Å². The Kier molecular flexibility index (Phi) is 8.25. The van der Waals surface area contributed by atoms with Gasteiger partial charge in [0.15, 0.2) is 0 Å². The highest BCUT2D eigenvalue weighted by Crippen LogP contribution is 2.19. The Morgan fingerprint density at radius 2 is 1.85 bits per heavy atom. The smallest absolute Gasteiger partial charge is 0.244 e. The second-order valence-electron chi connectivity index (χ2n) is 6.64. The van der Waals surface area contributed by atoms with Crippen molar-refractivity contribution in [3.63, 3.8) is 0 Å². The molecule has 1 aromatic rings. The number of rotatable bonds is 9. The summed E-state index contributed by atoms with van der Waals surface area (Å²) in [6, 6.07) is 6.60. The van der Waals surface area contributed by atoms with E-state index >= 15 is 0 Å². The van der Waals surface area contributed by atoms with E-state index in [0.717, 1.165) is 24.8 Å². The summed E-state index contributed by atoms with van der Waals surface area (Å²) in [5.74, 6) is -0.133. The topological polar surface area (TPSA) is 66.5 Å². The van der Waals surface area contributed by atoms with Crippen LogP contribution in [-0.2, 0) is 14.8 Å². The molecule has 1 N–H and O–H groups in total. The van der Waals surface area contributed by atoms with Gasteiger partial charge in [-0.05, 0) is 55.9 Å². The molecule has 0 aromatic heterocycles. The average molecular weight is 391 g/mol. The summed E-state index contributed by atoms with van der Waals surface area (Å²) < 4.78 is 26.3. The van der Waals surface area contributed by atoms with Crippen LogP contribution in [0.3, 0.4) is 0 Å². The van der Waals surface area contributed by atoms with Crippen molar-refractivity contribution in [3.05, 3.63) is 47.6 Å². The van der Waals surface area contributed by atoms with Gasteiger partial charge in [0.2, 0.25) is 15.9 Å². The maximum Gasteiger partial charge on any atom is 0.244 e. The van der Waals surface area contributed by atoms with Crippen molar-refractivity contribution >= 4 is 22.0 Å². The van der Waals surface area contributed by atoms with Crippen molar-refractivity contribution in [1.82, 2.24) is 9.62 Å². The third-order valence-electron chi connectivity index (χ3n) is 4.78. The molecular formula is C21H30N2O3S. The lowest BCUT2D eigenvalue weighted by Gasteiger charge is -2.18. The van der Waals surface area contributed by atoms with E-state index in [1.165, 1.54) is 28.8 Å². The van der Waals surface area contributed by atoms with Gasteiger partial charge in [0, 0.05) is 25.7 Å². The summed E-state index contributed by atoms with van der Waals surface area (Å²) in [5, 5.41) is 2.90. The van der Waals surface area contributed by atoms with E-state index in [2.05, 4.69) is 11.4 Å². The predicted molar refractivity (Wildman–Crippen MR) is 110 cm³/mol. The molecule has 1 aliphatic rings. The Labute approximate surface area is 163 Å². The quantitative estimate of drug-likeness (QED) is 0.516. The first-order valence-corrected chi connectivity index (χ1v) is 11.2. The summed E-state index contributed by atoms with van der Waals surface area (Å²) in [4.78, 5) is 12.2. The van der Waals surface area contributed by atoms with Crippen LogP contribution >= 0.6 is 0 Å². The second kappa shape index (κ2) is 10.4. The number of sulfonamides is 1. The number of amides is 1. The van der Waals surface area contributed by atoms with Gasteiger partial charge in [-0.3, -0.25) is 4.79 Å². The van der Waals surface area contributed by atoms with E-state index in [0.29, 0.717) is 19.6 Å². The van der Waals surface area contributed by atoms with Crippen molar-refractivity contribution in [3.8, 4) is 0 Å². The largest absolute Gasteiger partial charge is 0.352 e. The van der Waals surface area contributed by atoms with Gasteiger partial charge in [0.1, 0.15) is 0 Å². The van der Waals surface area contributed by atoms with Gasteiger partial charge >= 0.3 is 0 Å². The first-order chi connectivity index (χ1) is 13.0. The summed E-state index contributed by atoms with van der Waals surface area (Å²) in [5.41, 5.74) is 2.23. The molecule has 0 heterocycles. The van der Waals surface area contributed by atoms with Crippen molar-refractivity contribution in [2.75, 3.05) is 19.6 Å². The Balaban J connectivity index is 1.87. The lowest BCUT2D eigenvalue weighted by molar-refractivity contribution is -0.116. The van der Waals surface area contributed by atoms with Gasteiger partial charge in [-0.1, -0.05) is 37.6 Å². The lowest BCUT2D eigenvalue weighted by Crippen LogP contribution is -2.30. The first kappa shape index (κ1) is 21.4. The molecule has 0 unspecified atom stereocenters. The molecule has 0 spiro atoms. The molecule has 1 aliphatic carbocycles. The summed E-state index contributed by atoms with van der Waals surface area (Å²) in [7, 11) is -3.45. The Bertz CT molecular complexity index is 776. The molecular weight excluding hydrogens is 360 g/mol. The number of carbonyl (C=O) groups excluding carboxylic acids is 1. The van der Waals surface area contributed by atoms with Crippen LogP contribution in [0, 0.1) is 0 Å². The number of nitrogens with zero attached hydrogens (tertiary/aromatic N) is 1. The molecule has 0 saturated carbocycles. The highest BCUT2D eigenvalue weighted by molar-refractivity contribution is 7.89. The van der Waals surface area contributed by atoms with Crippen LogP contribution in [0.4, 0.5) is 0 Å². The highest BCUT2D eigenvalue weighted by Gasteiger charge is 2.20. The standard InChI is InChI=1S/C21H30N2O3S/c1-3-23(4-2)27(25,26)20-13-10-19(11-14-20)12-15-21(24)22-17-16-18-8-6-5-7-9-18/h8,10-15H,3-7,9,16-17H2,1-2H3,(H,22,24)/b15-12+. The molecule has 1 amide bonds. The van der Waals surface area contributed by atoms with Crippen molar-refractivity contribution in [1.29, 1.82) is 0 Å². The van der Waals surface area contributed by atoms with Crippen LogP contribution in [-0.4, -0.2) is 38.3 Å². The zero-order valence-electron chi connectivity index (χ0n) is 16.3. The second-order valence-corrected chi connectivity index (χ2v) is 8.58. The number of hydrogen-bond acceptors (Lipinski definition) is 3. The zero-order chi connectivity index (χ0) is 19.7. The van der Waals surface area contributed by atoms with Crippen molar-refractivity contribution in [2.24, 2.45) is 0 Å². The predicted octanol–water partition coefficient (Wildman–Crippen LogP) is 3.74. The fourth-order valence-corrected chi connectivity index (χ4v) is 4.63. The van der Waals surface area contributed by atoms with E-state index in [1.807, 2.05) is 13.8 Å². The number of carbonyl (C=O) groups is 1. The van der Waals surface area contributed by atoms with Crippen LogP contribution in [0.1, 0.15) is 51.5 Å². The molecule has 2 rings (SSSR count). The number of allylic oxidation sites excluding steroid dienone is 1. The summed E-state index contributed by atoms with van der Waals surface area (Å²) >= 11 is 0. The highest BCUT2D eigenvalue weighted by atomic mass is 32.2. The lowest BCUT2D eigenvalue weighted by atomic mass is 9.97. The minimum absolute atomic E-state index is 0.133. The van der Waals surface area contributed by atoms with Crippen LogP contribution in [0.25, 0.3) is 6.08 Å². The van der Waals surface area contributed by atoms with E-state index in [-0.39, 0.29) is 10.8 Å². The van der Waals surface area contributed by atoms with Crippen LogP contribution in [0.15, 0.2) is 46.9 Å².